The molecule has 3 heteroatoms. The average Bonchev–Trinajstić information content (AvgIpc) is 2.82. The number of para-hydroxylation sites is 1. The Kier molecular flexibility index (Phi) is 2.23. The molecule has 3 rings (SSSR count). The highest BCUT2D eigenvalue weighted by atomic mass is 32.1. The summed E-state index contributed by atoms with van der Waals surface area (Å²) in [5.41, 5.74) is 6.74. The molecule has 1 aliphatic rings. The van der Waals surface area contributed by atoms with E-state index >= 15 is 0 Å². The van der Waals surface area contributed by atoms with Gasteiger partial charge in [-0.25, -0.2) is 0 Å². The Morgan fingerprint density at radius 2 is 1.94 bits per heavy atom. The van der Waals surface area contributed by atoms with Crippen molar-refractivity contribution < 1.29 is 5.11 Å². The van der Waals surface area contributed by atoms with Gasteiger partial charge in [0.15, 0.2) is 0 Å². The van der Waals surface area contributed by atoms with Crippen LogP contribution in [-0.4, -0.2) is 11.1 Å². The van der Waals surface area contributed by atoms with Crippen molar-refractivity contribution in [2.24, 2.45) is 5.73 Å². The van der Waals surface area contributed by atoms with Crippen LogP contribution < -0.4 is 5.73 Å². The smallest absolute Gasteiger partial charge is 0.124 e. The zero-order valence-corrected chi connectivity index (χ0v) is 9.58. The summed E-state index contributed by atoms with van der Waals surface area (Å²) in [6, 6.07) is 12.0. The van der Waals surface area contributed by atoms with Gasteiger partial charge in [0.2, 0.25) is 0 Å². The van der Waals surface area contributed by atoms with Gasteiger partial charge >= 0.3 is 0 Å². The highest BCUT2D eigenvalue weighted by molar-refractivity contribution is 7.15. The molecular formula is C13H13NOS. The number of thiophene rings is 1. The molecule has 1 fully saturated rings. The number of hydrogen-bond acceptors (Lipinski definition) is 3. The lowest BCUT2D eigenvalue weighted by atomic mass is 10.1. The van der Waals surface area contributed by atoms with E-state index in [0.717, 1.165) is 16.9 Å². The second kappa shape index (κ2) is 3.61. The highest BCUT2D eigenvalue weighted by Gasteiger charge is 2.35. The summed E-state index contributed by atoms with van der Waals surface area (Å²) in [7, 11) is 0. The van der Waals surface area contributed by atoms with Gasteiger partial charge in [-0.1, -0.05) is 12.1 Å². The first-order valence-electron chi connectivity index (χ1n) is 5.39. The number of hydrogen-bond donors (Lipinski definition) is 2. The van der Waals surface area contributed by atoms with Crippen LogP contribution in [0.3, 0.4) is 0 Å². The predicted octanol–water partition coefficient (Wildman–Crippen LogP) is 2.94. The van der Waals surface area contributed by atoms with Gasteiger partial charge in [-0.15, -0.1) is 11.3 Å². The Balaban J connectivity index is 1.95. The first kappa shape index (κ1) is 9.87. The third-order valence-electron chi connectivity index (χ3n) is 3.00. The van der Waals surface area contributed by atoms with Gasteiger partial charge in [-0.3, -0.25) is 0 Å². The van der Waals surface area contributed by atoms with E-state index in [2.05, 4.69) is 12.1 Å². The standard InChI is InChI=1S/C13H13NOS/c14-10-7-9(10)13-6-5-12(16-13)8-3-1-2-4-11(8)15/h1-6,9-10,15H,7,14H2/t9-,10+/m1/s1. The molecule has 0 aliphatic heterocycles. The van der Waals surface area contributed by atoms with Crippen molar-refractivity contribution in [2.75, 3.05) is 0 Å². The maximum Gasteiger partial charge on any atom is 0.124 e. The summed E-state index contributed by atoms with van der Waals surface area (Å²) in [5, 5.41) is 9.76. The van der Waals surface area contributed by atoms with E-state index in [1.54, 1.807) is 17.4 Å². The number of phenolic OH excluding ortho intramolecular Hbond substituents is 1. The fourth-order valence-electron chi connectivity index (χ4n) is 1.92. The lowest BCUT2D eigenvalue weighted by molar-refractivity contribution is 0.477. The van der Waals surface area contributed by atoms with Crippen LogP contribution in [0.5, 0.6) is 5.75 Å². The molecule has 1 saturated carbocycles. The summed E-state index contributed by atoms with van der Waals surface area (Å²) in [4.78, 5) is 2.46. The maximum atomic E-state index is 9.76. The molecule has 0 bridgehead atoms. The topological polar surface area (TPSA) is 46.2 Å². The van der Waals surface area contributed by atoms with E-state index in [1.807, 2.05) is 18.2 Å². The van der Waals surface area contributed by atoms with E-state index in [0.29, 0.717) is 17.7 Å². The second-order valence-corrected chi connectivity index (χ2v) is 5.34. The highest BCUT2D eigenvalue weighted by Crippen LogP contribution is 2.45. The minimum Gasteiger partial charge on any atom is -0.507 e. The molecular weight excluding hydrogens is 218 g/mol. The molecule has 2 aromatic rings. The van der Waals surface area contributed by atoms with Crippen LogP contribution in [0.25, 0.3) is 10.4 Å². The van der Waals surface area contributed by atoms with Crippen LogP contribution in [0, 0.1) is 0 Å². The molecule has 16 heavy (non-hydrogen) atoms. The molecule has 0 spiro atoms. The van der Waals surface area contributed by atoms with Gasteiger partial charge in [-0.2, -0.15) is 0 Å². The van der Waals surface area contributed by atoms with Gasteiger partial charge in [0.05, 0.1) is 0 Å². The summed E-state index contributed by atoms with van der Waals surface area (Å²) in [6.45, 7) is 0. The van der Waals surface area contributed by atoms with E-state index in [-0.39, 0.29) is 0 Å². The molecule has 2 atom stereocenters. The lowest BCUT2D eigenvalue weighted by Crippen LogP contribution is -1.99. The van der Waals surface area contributed by atoms with Crippen molar-refractivity contribution >= 4 is 11.3 Å². The summed E-state index contributed by atoms with van der Waals surface area (Å²) in [5.74, 6) is 0.889. The van der Waals surface area contributed by atoms with Crippen LogP contribution in [-0.2, 0) is 0 Å². The Bertz CT molecular complexity index is 520. The summed E-state index contributed by atoms with van der Waals surface area (Å²) < 4.78 is 0. The van der Waals surface area contributed by atoms with Crippen molar-refractivity contribution in [3.63, 3.8) is 0 Å². The van der Waals surface area contributed by atoms with E-state index < -0.39 is 0 Å². The average molecular weight is 231 g/mol. The Labute approximate surface area is 98.4 Å². The molecule has 1 aromatic carbocycles. The van der Waals surface area contributed by atoms with Gasteiger partial charge in [0.1, 0.15) is 5.75 Å². The quantitative estimate of drug-likeness (QED) is 0.834. The van der Waals surface area contributed by atoms with E-state index in [4.69, 9.17) is 5.73 Å². The molecule has 0 unspecified atom stereocenters. The monoisotopic (exact) mass is 231 g/mol. The zero-order chi connectivity index (χ0) is 11.1. The molecule has 1 heterocycles. The Morgan fingerprint density at radius 3 is 2.62 bits per heavy atom. The van der Waals surface area contributed by atoms with Crippen molar-refractivity contribution in [1.29, 1.82) is 0 Å². The molecule has 1 aliphatic carbocycles. The zero-order valence-electron chi connectivity index (χ0n) is 8.76. The van der Waals surface area contributed by atoms with Crippen molar-refractivity contribution in [3.05, 3.63) is 41.3 Å². The maximum absolute atomic E-state index is 9.76. The van der Waals surface area contributed by atoms with Gasteiger partial charge in [-0.05, 0) is 30.7 Å². The van der Waals surface area contributed by atoms with Crippen LogP contribution in [0.15, 0.2) is 36.4 Å². The van der Waals surface area contributed by atoms with Gasteiger partial charge in [0.25, 0.3) is 0 Å². The van der Waals surface area contributed by atoms with E-state index in [1.165, 1.54) is 4.88 Å². The van der Waals surface area contributed by atoms with Crippen LogP contribution in [0.4, 0.5) is 0 Å². The second-order valence-electron chi connectivity index (χ2n) is 4.23. The van der Waals surface area contributed by atoms with Gasteiger partial charge in [0, 0.05) is 27.3 Å². The van der Waals surface area contributed by atoms with Crippen molar-refractivity contribution in [1.82, 2.24) is 0 Å². The fraction of sp³-hybridized carbons (Fsp3) is 0.231. The number of rotatable bonds is 2. The van der Waals surface area contributed by atoms with Crippen LogP contribution in [0.2, 0.25) is 0 Å². The lowest BCUT2D eigenvalue weighted by Gasteiger charge is -2.00. The molecule has 3 N–H and O–H groups in total. The molecule has 82 valence electrons. The SMILES string of the molecule is N[C@H]1C[C@H]1c1ccc(-c2ccccc2O)s1. The molecule has 0 radical (unpaired) electrons. The first-order valence-corrected chi connectivity index (χ1v) is 6.21. The molecule has 0 amide bonds. The summed E-state index contributed by atoms with van der Waals surface area (Å²) in [6.07, 6.45) is 1.10. The van der Waals surface area contributed by atoms with Crippen molar-refractivity contribution in [3.8, 4) is 16.2 Å². The number of aromatic hydroxyl groups is 1. The van der Waals surface area contributed by atoms with E-state index in [9.17, 15) is 5.11 Å². The Morgan fingerprint density at radius 1 is 1.19 bits per heavy atom. The van der Waals surface area contributed by atoms with Crippen LogP contribution >= 0.6 is 11.3 Å². The largest absolute Gasteiger partial charge is 0.507 e. The normalized spacial score (nSPS) is 23.3. The molecule has 1 aromatic heterocycles. The number of nitrogens with two attached hydrogens (primary N) is 1. The number of benzene rings is 1. The Hall–Kier alpha value is -1.32. The predicted molar refractivity (Wildman–Crippen MR) is 66.8 cm³/mol. The summed E-state index contributed by atoms with van der Waals surface area (Å²) >= 11 is 1.73. The van der Waals surface area contributed by atoms with Crippen molar-refractivity contribution in [2.45, 2.75) is 18.4 Å². The first-order chi connectivity index (χ1) is 7.75. The molecule has 2 nitrogen and oxygen atoms in total. The minimum atomic E-state index is 0.343. The number of phenols is 1. The van der Waals surface area contributed by atoms with Crippen LogP contribution in [0.1, 0.15) is 17.2 Å². The third kappa shape index (κ3) is 1.62. The minimum absolute atomic E-state index is 0.343. The van der Waals surface area contributed by atoms with Gasteiger partial charge < -0.3 is 10.8 Å². The molecule has 0 saturated heterocycles. The third-order valence-corrected chi connectivity index (χ3v) is 4.25. The fourth-order valence-corrected chi connectivity index (χ4v) is 3.15.